The minimum absolute atomic E-state index is 0.231. The Hall–Kier alpha value is -1.62. The lowest BCUT2D eigenvalue weighted by Crippen LogP contribution is -2.38. The van der Waals surface area contributed by atoms with E-state index in [9.17, 15) is 9.59 Å². The molecule has 1 aromatic carbocycles. The smallest absolute Gasteiger partial charge is 0.417 e. The van der Waals surface area contributed by atoms with Crippen molar-refractivity contribution < 1.29 is 14.3 Å². The van der Waals surface area contributed by atoms with Gasteiger partial charge in [0, 0.05) is 11.4 Å². The Morgan fingerprint density at radius 2 is 2.17 bits per heavy atom. The van der Waals surface area contributed by atoms with Gasteiger partial charge >= 0.3 is 6.09 Å². The lowest BCUT2D eigenvalue weighted by molar-refractivity contribution is -0.123. The zero-order valence-electron chi connectivity index (χ0n) is 9.58. The third-order valence-corrected chi connectivity index (χ3v) is 3.34. The van der Waals surface area contributed by atoms with Gasteiger partial charge < -0.3 is 4.74 Å². The molecule has 5 heteroatoms. The molecule has 2 amide bonds. The summed E-state index contributed by atoms with van der Waals surface area (Å²) in [5, 5.41) is 0.518. The summed E-state index contributed by atoms with van der Waals surface area (Å²) >= 11 is 3.26. The van der Waals surface area contributed by atoms with E-state index < -0.39 is 6.09 Å². The van der Waals surface area contributed by atoms with Crippen LogP contribution in [-0.2, 0) is 9.53 Å². The van der Waals surface area contributed by atoms with Crippen LogP contribution in [0.5, 0.6) is 0 Å². The summed E-state index contributed by atoms with van der Waals surface area (Å²) in [6.45, 7) is 0.245. The second-order valence-corrected chi connectivity index (χ2v) is 4.48. The van der Waals surface area contributed by atoms with Crippen LogP contribution in [-0.4, -0.2) is 34.9 Å². The highest BCUT2D eigenvalue weighted by molar-refractivity contribution is 9.09. The molecular formula is C13H12BrNO3. The maximum Gasteiger partial charge on any atom is 0.417 e. The van der Waals surface area contributed by atoms with Crippen LogP contribution in [0.25, 0.3) is 6.08 Å². The molecule has 1 aliphatic heterocycles. The monoisotopic (exact) mass is 309 g/mol. The van der Waals surface area contributed by atoms with Crippen molar-refractivity contribution in [3.05, 3.63) is 42.0 Å². The van der Waals surface area contributed by atoms with Crippen LogP contribution in [0.2, 0.25) is 0 Å². The summed E-state index contributed by atoms with van der Waals surface area (Å²) in [4.78, 5) is 24.5. The van der Waals surface area contributed by atoms with E-state index in [2.05, 4.69) is 15.9 Å². The number of carbonyl (C=O) groups excluding carboxylic acids is 2. The van der Waals surface area contributed by atoms with Gasteiger partial charge in [-0.15, -0.1) is 0 Å². The molecule has 1 aliphatic rings. The van der Waals surface area contributed by atoms with Crippen molar-refractivity contribution in [3.63, 3.8) is 0 Å². The number of ether oxygens (including phenoxy) is 1. The number of rotatable bonds is 3. The van der Waals surface area contributed by atoms with Crippen LogP contribution in [0.15, 0.2) is 36.4 Å². The van der Waals surface area contributed by atoms with Crippen LogP contribution in [0.3, 0.4) is 0 Å². The third kappa shape index (κ3) is 2.79. The first-order valence-corrected chi connectivity index (χ1v) is 6.63. The summed E-state index contributed by atoms with van der Waals surface area (Å²) in [7, 11) is 0. The minimum atomic E-state index is -0.581. The second kappa shape index (κ2) is 5.82. The molecule has 2 rings (SSSR count). The molecule has 0 saturated carbocycles. The molecule has 0 bridgehead atoms. The first-order chi connectivity index (χ1) is 8.72. The van der Waals surface area contributed by atoms with Gasteiger partial charge in [0.05, 0.1) is 6.04 Å². The molecular weight excluding hydrogens is 298 g/mol. The summed E-state index contributed by atoms with van der Waals surface area (Å²) in [6.07, 6.45) is 2.48. The van der Waals surface area contributed by atoms with Gasteiger partial charge in [-0.3, -0.25) is 4.79 Å². The van der Waals surface area contributed by atoms with Crippen molar-refractivity contribution in [1.29, 1.82) is 0 Å². The van der Waals surface area contributed by atoms with Gasteiger partial charge in [0.25, 0.3) is 5.91 Å². The van der Waals surface area contributed by atoms with E-state index in [4.69, 9.17) is 4.74 Å². The van der Waals surface area contributed by atoms with E-state index in [0.717, 1.165) is 10.5 Å². The van der Waals surface area contributed by atoms with E-state index >= 15 is 0 Å². The van der Waals surface area contributed by atoms with Gasteiger partial charge in [-0.1, -0.05) is 46.3 Å². The van der Waals surface area contributed by atoms with Gasteiger partial charge in [0.15, 0.2) is 0 Å². The fourth-order valence-corrected chi connectivity index (χ4v) is 2.13. The number of nitrogens with zero attached hydrogens (tertiary/aromatic N) is 1. The fraction of sp³-hybridized carbons (Fsp3) is 0.231. The van der Waals surface area contributed by atoms with Crippen LogP contribution < -0.4 is 0 Å². The molecule has 1 saturated heterocycles. The molecule has 1 fully saturated rings. The summed E-state index contributed by atoms with van der Waals surface area (Å²) in [5.74, 6) is -0.356. The van der Waals surface area contributed by atoms with Crippen LogP contribution in [0, 0.1) is 0 Å². The summed E-state index contributed by atoms with van der Waals surface area (Å²) in [6, 6.07) is 9.20. The van der Waals surface area contributed by atoms with Gasteiger partial charge in [-0.25, -0.2) is 9.69 Å². The molecule has 18 heavy (non-hydrogen) atoms. The Kier molecular flexibility index (Phi) is 4.15. The first-order valence-electron chi connectivity index (χ1n) is 5.51. The maximum atomic E-state index is 11.9. The minimum Gasteiger partial charge on any atom is -0.447 e. The molecule has 0 aromatic heterocycles. The second-order valence-electron chi connectivity index (χ2n) is 3.84. The van der Waals surface area contributed by atoms with E-state index in [0.29, 0.717) is 5.33 Å². The highest BCUT2D eigenvalue weighted by Crippen LogP contribution is 2.15. The van der Waals surface area contributed by atoms with Gasteiger partial charge in [-0.05, 0) is 11.6 Å². The molecule has 0 N–H and O–H groups in total. The van der Waals surface area contributed by atoms with E-state index in [-0.39, 0.29) is 18.6 Å². The summed E-state index contributed by atoms with van der Waals surface area (Å²) < 4.78 is 4.84. The average molecular weight is 310 g/mol. The molecule has 0 radical (unpaired) electrons. The molecule has 4 nitrogen and oxygen atoms in total. The predicted octanol–water partition coefficient (Wildman–Crippen LogP) is 2.44. The Morgan fingerprint density at radius 3 is 2.83 bits per heavy atom. The number of benzene rings is 1. The predicted molar refractivity (Wildman–Crippen MR) is 71.3 cm³/mol. The maximum absolute atomic E-state index is 11.9. The van der Waals surface area contributed by atoms with Crippen LogP contribution >= 0.6 is 15.9 Å². The van der Waals surface area contributed by atoms with Crippen molar-refractivity contribution in [2.45, 2.75) is 6.04 Å². The van der Waals surface area contributed by atoms with E-state index in [1.165, 1.54) is 6.08 Å². The normalized spacial score (nSPS) is 19.3. The number of imide groups is 1. The van der Waals surface area contributed by atoms with Crippen molar-refractivity contribution in [1.82, 2.24) is 4.90 Å². The standard InChI is InChI=1S/C13H12BrNO3/c14-8-11-9-18-13(17)15(11)12(16)7-6-10-4-2-1-3-5-10/h1-7,11H,8-9H2/b7-6+/t11-/m1/s1. The van der Waals surface area contributed by atoms with Gasteiger partial charge in [0.2, 0.25) is 0 Å². The highest BCUT2D eigenvalue weighted by Gasteiger charge is 2.35. The molecule has 0 unspecified atom stereocenters. The van der Waals surface area contributed by atoms with Crippen LogP contribution in [0.1, 0.15) is 5.56 Å². The molecule has 1 aromatic rings. The first kappa shape index (κ1) is 12.8. The SMILES string of the molecule is O=C(/C=C/c1ccccc1)N1C(=O)OC[C@H]1CBr. The molecule has 94 valence electrons. The summed E-state index contributed by atoms with van der Waals surface area (Å²) in [5.41, 5.74) is 0.911. The zero-order valence-corrected chi connectivity index (χ0v) is 11.2. The van der Waals surface area contributed by atoms with Gasteiger partial charge in [0.1, 0.15) is 6.61 Å². The zero-order chi connectivity index (χ0) is 13.0. The molecule has 0 spiro atoms. The van der Waals surface area contributed by atoms with Crippen molar-refractivity contribution in [2.75, 3.05) is 11.9 Å². The topological polar surface area (TPSA) is 46.6 Å². The van der Waals surface area contributed by atoms with Crippen molar-refractivity contribution in [3.8, 4) is 0 Å². The molecule has 1 heterocycles. The Bertz CT molecular complexity index is 472. The van der Waals surface area contributed by atoms with Crippen molar-refractivity contribution >= 4 is 34.0 Å². The van der Waals surface area contributed by atoms with E-state index in [1.54, 1.807) is 6.08 Å². The van der Waals surface area contributed by atoms with Gasteiger partial charge in [-0.2, -0.15) is 0 Å². The lowest BCUT2D eigenvalue weighted by atomic mass is 10.2. The molecule has 1 atom stereocenters. The average Bonchev–Trinajstić information content (AvgIpc) is 2.78. The fourth-order valence-electron chi connectivity index (χ4n) is 1.66. The number of halogens is 1. The van der Waals surface area contributed by atoms with E-state index in [1.807, 2.05) is 30.3 Å². The van der Waals surface area contributed by atoms with Crippen molar-refractivity contribution in [2.24, 2.45) is 0 Å². The number of cyclic esters (lactones) is 1. The number of alkyl halides is 1. The number of hydrogen-bond donors (Lipinski definition) is 0. The number of carbonyl (C=O) groups is 2. The Labute approximate surface area is 113 Å². The third-order valence-electron chi connectivity index (χ3n) is 2.59. The van der Waals surface area contributed by atoms with Crippen LogP contribution in [0.4, 0.5) is 4.79 Å². The number of amides is 2. The Morgan fingerprint density at radius 1 is 1.44 bits per heavy atom. The number of hydrogen-bond acceptors (Lipinski definition) is 3. The Balaban J connectivity index is 2.08. The quantitative estimate of drug-likeness (QED) is 0.636. The highest BCUT2D eigenvalue weighted by atomic mass is 79.9. The molecule has 0 aliphatic carbocycles. The largest absolute Gasteiger partial charge is 0.447 e. The lowest BCUT2D eigenvalue weighted by Gasteiger charge is -2.15.